The Kier molecular flexibility index (Phi) is 5.49. The molecular weight excluding hydrogens is 174 g/mol. The van der Waals surface area contributed by atoms with Crippen LogP contribution in [0.25, 0.3) is 0 Å². The van der Waals surface area contributed by atoms with Gasteiger partial charge in [0, 0.05) is 12.6 Å². The van der Waals surface area contributed by atoms with Crippen LogP contribution in [0.2, 0.25) is 0 Å². The summed E-state index contributed by atoms with van der Waals surface area (Å²) in [5.41, 5.74) is 0. The van der Waals surface area contributed by atoms with Crippen molar-refractivity contribution in [3.63, 3.8) is 0 Å². The summed E-state index contributed by atoms with van der Waals surface area (Å²) < 4.78 is 0. The first-order valence-corrected chi connectivity index (χ1v) is 6.13. The first kappa shape index (κ1) is 12.0. The van der Waals surface area contributed by atoms with Gasteiger partial charge in [-0.25, -0.2) is 0 Å². The molecule has 0 aliphatic heterocycles. The maximum absolute atomic E-state index is 9.79. The average Bonchev–Trinajstić information content (AvgIpc) is 2.66. The maximum Gasteiger partial charge on any atom is 0.0667 e. The van der Waals surface area contributed by atoms with E-state index in [-0.39, 0.29) is 6.10 Å². The molecule has 0 radical (unpaired) electrons. The van der Waals surface area contributed by atoms with Crippen LogP contribution in [-0.2, 0) is 0 Å². The normalized spacial score (nSPS) is 22.5. The molecule has 84 valence electrons. The van der Waals surface area contributed by atoms with Crippen LogP contribution < -0.4 is 5.32 Å². The first-order valence-electron chi connectivity index (χ1n) is 6.13. The number of hydrogen-bond acceptors (Lipinski definition) is 2. The van der Waals surface area contributed by atoms with Crippen LogP contribution in [0.5, 0.6) is 0 Å². The second-order valence-electron chi connectivity index (χ2n) is 4.76. The lowest BCUT2D eigenvalue weighted by molar-refractivity contribution is 0.137. The third kappa shape index (κ3) is 4.43. The molecule has 14 heavy (non-hydrogen) atoms. The van der Waals surface area contributed by atoms with E-state index < -0.39 is 0 Å². The minimum absolute atomic E-state index is 0.132. The molecule has 1 rings (SSSR count). The fraction of sp³-hybridized carbons (Fsp3) is 1.00. The van der Waals surface area contributed by atoms with Gasteiger partial charge >= 0.3 is 0 Å². The molecule has 0 aromatic rings. The number of rotatable bonds is 6. The van der Waals surface area contributed by atoms with Gasteiger partial charge in [-0.3, -0.25) is 0 Å². The van der Waals surface area contributed by atoms with Crippen LogP contribution in [-0.4, -0.2) is 23.8 Å². The summed E-state index contributed by atoms with van der Waals surface area (Å²) in [5, 5.41) is 13.1. The highest BCUT2D eigenvalue weighted by molar-refractivity contribution is 4.73. The molecule has 0 aromatic heterocycles. The second-order valence-corrected chi connectivity index (χ2v) is 4.76. The molecule has 2 nitrogen and oxygen atoms in total. The standard InChI is InChI=1S/C12H25NO/c1-3-10(2)13-9-12(14)8-11-6-4-5-7-11/h10-14H,3-9H2,1-2H3. The Bertz CT molecular complexity index is 143. The molecule has 1 aliphatic rings. The minimum atomic E-state index is -0.132. The number of nitrogens with one attached hydrogen (secondary N) is 1. The van der Waals surface area contributed by atoms with Crippen molar-refractivity contribution in [3.8, 4) is 0 Å². The van der Waals surface area contributed by atoms with Gasteiger partial charge in [-0.1, -0.05) is 32.6 Å². The van der Waals surface area contributed by atoms with Crippen molar-refractivity contribution in [2.24, 2.45) is 5.92 Å². The van der Waals surface area contributed by atoms with Crippen molar-refractivity contribution >= 4 is 0 Å². The maximum atomic E-state index is 9.79. The van der Waals surface area contributed by atoms with Crippen molar-refractivity contribution in [2.75, 3.05) is 6.54 Å². The smallest absolute Gasteiger partial charge is 0.0667 e. The molecule has 1 saturated carbocycles. The van der Waals surface area contributed by atoms with Crippen molar-refractivity contribution < 1.29 is 5.11 Å². The summed E-state index contributed by atoms with van der Waals surface area (Å²) in [5.74, 6) is 0.795. The molecule has 0 bridgehead atoms. The minimum Gasteiger partial charge on any atom is -0.392 e. The summed E-state index contributed by atoms with van der Waals surface area (Å²) in [4.78, 5) is 0. The van der Waals surface area contributed by atoms with Crippen LogP contribution in [0.15, 0.2) is 0 Å². The molecule has 2 unspecified atom stereocenters. The van der Waals surface area contributed by atoms with Gasteiger partial charge in [0.25, 0.3) is 0 Å². The fourth-order valence-electron chi connectivity index (χ4n) is 2.20. The van der Waals surface area contributed by atoms with E-state index in [0.717, 1.165) is 25.3 Å². The monoisotopic (exact) mass is 199 g/mol. The lowest BCUT2D eigenvalue weighted by atomic mass is 10.00. The molecule has 1 aliphatic carbocycles. The lowest BCUT2D eigenvalue weighted by Gasteiger charge is -2.18. The molecule has 1 fully saturated rings. The lowest BCUT2D eigenvalue weighted by Crippen LogP contribution is -2.34. The summed E-state index contributed by atoms with van der Waals surface area (Å²) in [6.07, 6.45) is 7.42. The largest absolute Gasteiger partial charge is 0.392 e. The van der Waals surface area contributed by atoms with Crippen LogP contribution in [0.4, 0.5) is 0 Å². The number of hydrogen-bond donors (Lipinski definition) is 2. The second kappa shape index (κ2) is 6.41. The SMILES string of the molecule is CCC(C)NCC(O)CC1CCCC1. The molecule has 0 aromatic carbocycles. The van der Waals surface area contributed by atoms with Crippen molar-refractivity contribution in [2.45, 2.75) is 64.5 Å². The van der Waals surface area contributed by atoms with Gasteiger partial charge in [-0.05, 0) is 25.7 Å². The van der Waals surface area contributed by atoms with E-state index in [4.69, 9.17) is 0 Å². The van der Waals surface area contributed by atoms with Crippen LogP contribution in [0.3, 0.4) is 0 Å². The summed E-state index contributed by atoms with van der Waals surface area (Å²) in [7, 11) is 0. The highest BCUT2D eigenvalue weighted by Crippen LogP contribution is 2.28. The number of aliphatic hydroxyl groups is 1. The summed E-state index contributed by atoms with van der Waals surface area (Å²) in [6, 6.07) is 0.535. The molecule has 0 amide bonds. The van der Waals surface area contributed by atoms with E-state index in [0.29, 0.717) is 6.04 Å². The molecule has 0 spiro atoms. The molecule has 2 atom stereocenters. The summed E-state index contributed by atoms with van der Waals surface area (Å²) >= 11 is 0. The fourth-order valence-corrected chi connectivity index (χ4v) is 2.20. The quantitative estimate of drug-likeness (QED) is 0.688. The van der Waals surface area contributed by atoms with Gasteiger partial charge < -0.3 is 10.4 Å². The van der Waals surface area contributed by atoms with Crippen LogP contribution in [0, 0.1) is 5.92 Å². The molecule has 2 N–H and O–H groups in total. The van der Waals surface area contributed by atoms with Gasteiger partial charge in [0.1, 0.15) is 0 Å². The molecule has 0 saturated heterocycles. The highest BCUT2D eigenvalue weighted by atomic mass is 16.3. The predicted molar refractivity (Wildman–Crippen MR) is 60.3 cm³/mol. The zero-order valence-corrected chi connectivity index (χ0v) is 9.63. The Morgan fingerprint density at radius 3 is 2.57 bits per heavy atom. The molecule has 2 heteroatoms. The van der Waals surface area contributed by atoms with E-state index in [1.807, 2.05) is 0 Å². The van der Waals surface area contributed by atoms with Crippen LogP contribution in [0.1, 0.15) is 52.4 Å². The van der Waals surface area contributed by atoms with Crippen LogP contribution >= 0.6 is 0 Å². The molecule has 0 heterocycles. The van der Waals surface area contributed by atoms with Gasteiger partial charge in [-0.2, -0.15) is 0 Å². The topological polar surface area (TPSA) is 32.3 Å². The van der Waals surface area contributed by atoms with E-state index in [1.165, 1.54) is 25.7 Å². The van der Waals surface area contributed by atoms with Crippen molar-refractivity contribution in [1.82, 2.24) is 5.32 Å². The molecular formula is C12H25NO. The summed E-state index contributed by atoms with van der Waals surface area (Å²) in [6.45, 7) is 5.11. The van der Waals surface area contributed by atoms with E-state index >= 15 is 0 Å². The zero-order valence-electron chi connectivity index (χ0n) is 9.63. The predicted octanol–water partition coefficient (Wildman–Crippen LogP) is 2.32. The average molecular weight is 199 g/mol. The Morgan fingerprint density at radius 2 is 2.00 bits per heavy atom. The zero-order chi connectivity index (χ0) is 10.4. The highest BCUT2D eigenvalue weighted by Gasteiger charge is 2.18. The van der Waals surface area contributed by atoms with E-state index in [1.54, 1.807) is 0 Å². The van der Waals surface area contributed by atoms with Gasteiger partial charge in [0.05, 0.1) is 6.10 Å². The third-order valence-electron chi connectivity index (χ3n) is 3.39. The third-order valence-corrected chi connectivity index (χ3v) is 3.39. The van der Waals surface area contributed by atoms with Crippen molar-refractivity contribution in [3.05, 3.63) is 0 Å². The Labute approximate surface area is 88.1 Å². The number of aliphatic hydroxyl groups excluding tert-OH is 1. The van der Waals surface area contributed by atoms with E-state index in [2.05, 4.69) is 19.2 Å². The Balaban J connectivity index is 2.05. The Hall–Kier alpha value is -0.0800. The van der Waals surface area contributed by atoms with Gasteiger partial charge in [0.15, 0.2) is 0 Å². The van der Waals surface area contributed by atoms with Gasteiger partial charge in [0.2, 0.25) is 0 Å². The van der Waals surface area contributed by atoms with E-state index in [9.17, 15) is 5.11 Å². The first-order chi connectivity index (χ1) is 6.72. The van der Waals surface area contributed by atoms with Gasteiger partial charge in [-0.15, -0.1) is 0 Å². The Morgan fingerprint density at radius 1 is 1.36 bits per heavy atom. The van der Waals surface area contributed by atoms with Crippen molar-refractivity contribution in [1.29, 1.82) is 0 Å².